The number of fused-ring (bicyclic) bond motifs is 1. The predicted octanol–water partition coefficient (Wildman–Crippen LogP) is 3.33. The van der Waals surface area contributed by atoms with Crippen LogP contribution in [0.3, 0.4) is 0 Å². The van der Waals surface area contributed by atoms with Gasteiger partial charge in [0.15, 0.2) is 0 Å². The molecular weight excluding hydrogens is 288 g/mol. The van der Waals surface area contributed by atoms with Crippen molar-refractivity contribution in [1.82, 2.24) is 19.7 Å². The third-order valence-corrected chi connectivity index (χ3v) is 3.97. The number of imidazole rings is 1. The molecular formula is C18H16N4O. The van der Waals surface area contributed by atoms with E-state index in [9.17, 15) is 4.79 Å². The lowest BCUT2D eigenvalue weighted by atomic mass is 10.1. The van der Waals surface area contributed by atoms with Gasteiger partial charge in [0.2, 0.25) is 5.95 Å². The number of benzene rings is 2. The average molecular weight is 304 g/mol. The monoisotopic (exact) mass is 304 g/mol. The molecule has 5 nitrogen and oxygen atoms in total. The molecule has 0 saturated heterocycles. The molecule has 0 saturated carbocycles. The Labute approximate surface area is 132 Å². The fraction of sp³-hybridized carbons (Fsp3) is 0.111. The minimum Gasteiger partial charge on any atom is -0.322 e. The first kappa shape index (κ1) is 13.6. The van der Waals surface area contributed by atoms with Crippen molar-refractivity contribution in [2.45, 2.75) is 13.8 Å². The van der Waals surface area contributed by atoms with Gasteiger partial charge in [-0.15, -0.1) is 0 Å². The number of aromatic nitrogens is 4. The smallest absolute Gasteiger partial charge is 0.281 e. The van der Waals surface area contributed by atoms with Crippen LogP contribution >= 0.6 is 0 Å². The van der Waals surface area contributed by atoms with Crippen molar-refractivity contribution in [3.63, 3.8) is 0 Å². The van der Waals surface area contributed by atoms with E-state index in [-0.39, 0.29) is 5.56 Å². The maximum atomic E-state index is 12.8. The van der Waals surface area contributed by atoms with Gasteiger partial charge in [0.25, 0.3) is 5.56 Å². The maximum absolute atomic E-state index is 12.8. The SMILES string of the molecule is Cc1ccc2nc(-n3[nH]c(C)c(-c4ccccc4)c3=O)[nH]c2c1. The van der Waals surface area contributed by atoms with Crippen molar-refractivity contribution < 1.29 is 0 Å². The Bertz CT molecular complexity index is 1050. The summed E-state index contributed by atoms with van der Waals surface area (Å²) in [4.78, 5) is 20.5. The van der Waals surface area contributed by atoms with E-state index in [1.165, 1.54) is 4.68 Å². The molecule has 2 aromatic heterocycles. The highest BCUT2D eigenvalue weighted by Crippen LogP contribution is 2.20. The van der Waals surface area contributed by atoms with Gasteiger partial charge >= 0.3 is 0 Å². The standard InChI is InChI=1S/C18H16N4O/c1-11-8-9-14-15(10-11)20-18(19-14)22-17(23)16(12(2)21-22)13-6-4-3-5-7-13/h3-10,21H,1-2H3,(H,19,20). The second kappa shape index (κ2) is 4.98. The predicted molar refractivity (Wildman–Crippen MR) is 91.0 cm³/mol. The van der Waals surface area contributed by atoms with E-state index >= 15 is 0 Å². The van der Waals surface area contributed by atoms with Gasteiger partial charge in [0.1, 0.15) is 0 Å². The molecule has 4 rings (SSSR count). The Morgan fingerprint density at radius 3 is 2.61 bits per heavy atom. The second-order valence-electron chi connectivity index (χ2n) is 5.70. The summed E-state index contributed by atoms with van der Waals surface area (Å²) in [5, 5.41) is 3.11. The molecule has 5 heteroatoms. The molecule has 0 fully saturated rings. The van der Waals surface area contributed by atoms with E-state index in [0.717, 1.165) is 27.9 Å². The van der Waals surface area contributed by atoms with Gasteiger partial charge in [-0.2, -0.15) is 4.68 Å². The summed E-state index contributed by atoms with van der Waals surface area (Å²) < 4.78 is 1.47. The van der Waals surface area contributed by atoms with Crippen molar-refractivity contribution in [2.24, 2.45) is 0 Å². The van der Waals surface area contributed by atoms with E-state index in [4.69, 9.17) is 0 Å². The summed E-state index contributed by atoms with van der Waals surface area (Å²) in [6, 6.07) is 15.6. The van der Waals surface area contributed by atoms with Crippen LogP contribution in [-0.4, -0.2) is 19.7 Å². The van der Waals surface area contributed by atoms with Gasteiger partial charge in [-0.1, -0.05) is 36.4 Å². The van der Waals surface area contributed by atoms with Crippen LogP contribution < -0.4 is 5.56 Å². The fourth-order valence-electron chi connectivity index (χ4n) is 2.86. The molecule has 0 aliphatic heterocycles. The zero-order chi connectivity index (χ0) is 16.0. The molecule has 2 N–H and O–H groups in total. The Kier molecular flexibility index (Phi) is 2.94. The Morgan fingerprint density at radius 1 is 1.04 bits per heavy atom. The Balaban J connectivity index is 1.91. The average Bonchev–Trinajstić information content (AvgIpc) is 3.08. The summed E-state index contributed by atoms with van der Waals surface area (Å²) in [6.45, 7) is 3.92. The number of rotatable bonds is 2. The van der Waals surface area contributed by atoms with Crippen LogP contribution in [0.25, 0.3) is 28.1 Å². The summed E-state index contributed by atoms with van der Waals surface area (Å²) >= 11 is 0. The highest BCUT2D eigenvalue weighted by Gasteiger charge is 2.16. The topological polar surface area (TPSA) is 66.5 Å². The van der Waals surface area contributed by atoms with Crippen LogP contribution in [0.1, 0.15) is 11.3 Å². The van der Waals surface area contributed by atoms with Gasteiger partial charge < -0.3 is 4.98 Å². The van der Waals surface area contributed by atoms with Crippen LogP contribution in [0.15, 0.2) is 53.3 Å². The van der Waals surface area contributed by atoms with E-state index in [1.807, 2.05) is 62.4 Å². The third-order valence-electron chi connectivity index (χ3n) is 3.97. The highest BCUT2D eigenvalue weighted by molar-refractivity contribution is 5.77. The van der Waals surface area contributed by atoms with Gasteiger partial charge in [0.05, 0.1) is 16.6 Å². The van der Waals surface area contributed by atoms with Crippen molar-refractivity contribution in [2.75, 3.05) is 0 Å². The van der Waals surface area contributed by atoms with E-state index in [0.29, 0.717) is 11.5 Å². The molecule has 0 bridgehead atoms. The number of aryl methyl sites for hydroxylation is 2. The molecule has 23 heavy (non-hydrogen) atoms. The fourth-order valence-corrected chi connectivity index (χ4v) is 2.86. The quantitative estimate of drug-likeness (QED) is 0.596. The number of H-pyrrole nitrogens is 2. The van der Waals surface area contributed by atoms with Crippen LogP contribution in [0.2, 0.25) is 0 Å². The summed E-state index contributed by atoms with van der Waals surface area (Å²) in [7, 11) is 0. The first-order valence-electron chi connectivity index (χ1n) is 7.47. The minimum absolute atomic E-state index is 0.107. The van der Waals surface area contributed by atoms with Crippen LogP contribution in [0, 0.1) is 13.8 Å². The van der Waals surface area contributed by atoms with E-state index < -0.39 is 0 Å². The number of hydrogen-bond acceptors (Lipinski definition) is 2. The third kappa shape index (κ3) is 2.17. The largest absolute Gasteiger partial charge is 0.322 e. The Morgan fingerprint density at radius 2 is 1.83 bits per heavy atom. The normalized spacial score (nSPS) is 11.2. The number of nitrogens with one attached hydrogen (secondary N) is 2. The lowest BCUT2D eigenvalue weighted by molar-refractivity contribution is 0.791. The second-order valence-corrected chi connectivity index (χ2v) is 5.70. The van der Waals surface area contributed by atoms with Crippen LogP contribution in [0.4, 0.5) is 0 Å². The first-order valence-corrected chi connectivity index (χ1v) is 7.47. The lowest BCUT2D eigenvalue weighted by Crippen LogP contribution is -2.16. The first-order chi connectivity index (χ1) is 11.1. The molecule has 0 atom stereocenters. The van der Waals surface area contributed by atoms with Gasteiger partial charge in [0, 0.05) is 5.69 Å². The molecule has 0 spiro atoms. The van der Waals surface area contributed by atoms with E-state index in [2.05, 4.69) is 15.1 Å². The van der Waals surface area contributed by atoms with Crippen molar-refractivity contribution in [3.8, 4) is 17.1 Å². The molecule has 0 radical (unpaired) electrons. The summed E-state index contributed by atoms with van der Waals surface area (Å²) in [5.74, 6) is 0.501. The molecule has 2 aromatic carbocycles. The van der Waals surface area contributed by atoms with Crippen molar-refractivity contribution >= 4 is 11.0 Å². The van der Waals surface area contributed by atoms with Crippen LogP contribution in [0.5, 0.6) is 0 Å². The molecule has 4 aromatic rings. The van der Waals surface area contributed by atoms with Crippen molar-refractivity contribution in [1.29, 1.82) is 0 Å². The summed E-state index contributed by atoms with van der Waals surface area (Å²) in [5.41, 5.74) is 5.18. The van der Waals surface area contributed by atoms with Gasteiger partial charge in [-0.05, 0) is 37.1 Å². The molecule has 114 valence electrons. The number of nitrogens with zero attached hydrogens (tertiary/aromatic N) is 2. The van der Waals surface area contributed by atoms with Gasteiger partial charge in [-0.3, -0.25) is 9.89 Å². The number of aromatic amines is 2. The molecule has 0 unspecified atom stereocenters. The van der Waals surface area contributed by atoms with Crippen molar-refractivity contribution in [3.05, 3.63) is 70.1 Å². The molecule has 0 aliphatic rings. The Hall–Kier alpha value is -3.08. The molecule has 0 amide bonds. The highest BCUT2D eigenvalue weighted by atomic mass is 16.1. The van der Waals surface area contributed by atoms with Gasteiger partial charge in [-0.25, -0.2) is 4.98 Å². The summed E-state index contributed by atoms with van der Waals surface area (Å²) in [6.07, 6.45) is 0. The van der Waals surface area contributed by atoms with E-state index in [1.54, 1.807) is 0 Å². The number of hydrogen-bond donors (Lipinski definition) is 2. The zero-order valence-corrected chi connectivity index (χ0v) is 12.9. The molecule has 2 heterocycles. The minimum atomic E-state index is -0.107. The maximum Gasteiger partial charge on any atom is 0.281 e. The molecule has 0 aliphatic carbocycles. The zero-order valence-electron chi connectivity index (χ0n) is 12.9. The lowest BCUT2D eigenvalue weighted by Gasteiger charge is -1.96. The van der Waals surface area contributed by atoms with Crippen LogP contribution in [-0.2, 0) is 0 Å².